The predicted octanol–water partition coefficient (Wildman–Crippen LogP) is 3.96. The summed E-state index contributed by atoms with van der Waals surface area (Å²) in [7, 11) is 0. The number of hydrogen-bond donors (Lipinski definition) is 1. The van der Waals surface area contributed by atoms with Gasteiger partial charge in [-0.05, 0) is 25.0 Å². The molecule has 33 heavy (non-hydrogen) atoms. The lowest BCUT2D eigenvalue weighted by atomic mass is 10.1. The Morgan fingerprint density at radius 3 is 2.64 bits per heavy atom. The minimum absolute atomic E-state index is 0.0346. The van der Waals surface area contributed by atoms with E-state index in [1.54, 1.807) is 12.1 Å². The summed E-state index contributed by atoms with van der Waals surface area (Å²) >= 11 is 1.23. The number of Topliss-reactive ketones (excluding diaryl/α,β-unsaturated/α-hetero) is 1. The van der Waals surface area contributed by atoms with Gasteiger partial charge in [-0.2, -0.15) is 0 Å². The third-order valence-corrected chi connectivity index (χ3v) is 6.41. The maximum Gasteiger partial charge on any atom is 0.259 e. The molecule has 7 nitrogen and oxygen atoms in total. The number of ketones is 1. The average Bonchev–Trinajstić information content (AvgIpc) is 3.18. The van der Waals surface area contributed by atoms with Crippen molar-refractivity contribution in [2.24, 2.45) is 9.98 Å². The fourth-order valence-corrected chi connectivity index (χ4v) is 4.58. The first-order valence-corrected chi connectivity index (χ1v) is 12.1. The van der Waals surface area contributed by atoms with Crippen molar-refractivity contribution >= 4 is 46.1 Å². The zero-order valence-electron chi connectivity index (χ0n) is 18.5. The van der Waals surface area contributed by atoms with E-state index >= 15 is 0 Å². The zero-order valence-corrected chi connectivity index (χ0v) is 19.3. The van der Waals surface area contributed by atoms with Crippen LogP contribution in [0.1, 0.15) is 48.5 Å². The van der Waals surface area contributed by atoms with E-state index in [9.17, 15) is 14.4 Å². The average molecular weight is 463 g/mol. The number of nitrogens with zero attached hydrogens (tertiary/aromatic N) is 3. The molecule has 0 aromatic heterocycles. The second-order valence-electron chi connectivity index (χ2n) is 7.87. The molecule has 2 aliphatic heterocycles. The molecule has 1 N–H and O–H groups in total. The van der Waals surface area contributed by atoms with Gasteiger partial charge in [0.05, 0.1) is 11.4 Å². The van der Waals surface area contributed by atoms with Gasteiger partial charge in [-0.25, -0.2) is 9.89 Å². The third kappa shape index (κ3) is 5.22. The Morgan fingerprint density at radius 2 is 1.85 bits per heavy atom. The van der Waals surface area contributed by atoms with E-state index < -0.39 is 6.04 Å². The SMILES string of the molecule is CCCCNC(=O)CCC1N=C2c3ccccc3N=C(SCC(=O)c3ccccc3)N2C1=O. The summed E-state index contributed by atoms with van der Waals surface area (Å²) in [6, 6.07) is 15.9. The summed E-state index contributed by atoms with van der Waals surface area (Å²) in [6.45, 7) is 2.71. The van der Waals surface area contributed by atoms with Crippen molar-refractivity contribution in [1.29, 1.82) is 0 Å². The first-order valence-electron chi connectivity index (χ1n) is 11.2. The molecule has 2 aromatic carbocycles. The van der Waals surface area contributed by atoms with Gasteiger partial charge in [0.25, 0.3) is 5.91 Å². The molecule has 0 saturated heterocycles. The van der Waals surface area contributed by atoms with Crippen LogP contribution < -0.4 is 5.32 Å². The largest absolute Gasteiger partial charge is 0.356 e. The van der Waals surface area contributed by atoms with Gasteiger partial charge >= 0.3 is 0 Å². The van der Waals surface area contributed by atoms with Crippen LogP contribution in [0.15, 0.2) is 64.6 Å². The van der Waals surface area contributed by atoms with E-state index in [-0.39, 0.29) is 29.8 Å². The molecule has 0 fully saturated rings. The monoisotopic (exact) mass is 462 g/mol. The van der Waals surface area contributed by atoms with Gasteiger partial charge in [0.2, 0.25) is 5.91 Å². The van der Waals surface area contributed by atoms with Crippen molar-refractivity contribution in [3.8, 4) is 0 Å². The molecule has 0 spiro atoms. The van der Waals surface area contributed by atoms with Crippen LogP contribution in [0.2, 0.25) is 0 Å². The number of fused-ring (bicyclic) bond motifs is 3. The van der Waals surface area contributed by atoms with Crippen LogP contribution in [-0.4, -0.2) is 51.8 Å². The van der Waals surface area contributed by atoms with Crippen molar-refractivity contribution in [2.75, 3.05) is 12.3 Å². The van der Waals surface area contributed by atoms with Crippen LogP contribution in [-0.2, 0) is 9.59 Å². The topological polar surface area (TPSA) is 91.2 Å². The molecule has 0 saturated carbocycles. The Morgan fingerprint density at radius 1 is 1.09 bits per heavy atom. The number of hydrogen-bond acceptors (Lipinski definition) is 6. The maximum atomic E-state index is 13.2. The number of unbranched alkanes of at least 4 members (excludes halogenated alkanes) is 1. The fraction of sp³-hybridized carbons (Fsp3) is 0.320. The summed E-state index contributed by atoms with van der Waals surface area (Å²) < 4.78 is 0. The number of benzene rings is 2. The van der Waals surface area contributed by atoms with Gasteiger partial charge < -0.3 is 5.32 Å². The molecule has 2 aromatic rings. The van der Waals surface area contributed by atoms with Crippen LogP contribution in [0.3, 0.4) is 0 Å². The van der Waals surface area contributed by atoms with Gasteiger partial charge in [0.15, 0.2) is 11.0 Å². The number of rotatable bonds is 9. The van der Waals surface area contributed by atoms with E-state index in [0.29, 0.717) is 35.2 Å². The molecule has 0 radical (unpaired) electrons. The molecule has 4 rings (SSSR count). The number of thioether (sulfide) groups is 1. The lowest BCUT2D eigenvalue weighted by Crippen LogP contribution is -2.41. The highest BCUT2D eigenvalue weighted by Gasteiger charge is 2.41. The molecule has 0 bridgehead atoms. The second-order valence-corrected chi connectivity index (χ2v) is 8.82. The molecular weight excluding hydrogens is 436 g/mol. The Labute approximate surface area is 197 Å². The highest BCUT2D eigenvalue weighted by Crippen LogP contribution is 2.34. The first kappa shape index (κ1) is 22.9. The smallest absolute Gasteiger partial charge is 0.259 e. The molecular formula is C25H26N4O3S. The van der Waals surface area contributed by atoms with Gasteiger partial charge in [-0.1, -0.05) is 67.6 Å². The Kier molecular flexibility index (Phi) is 7.34. The number of para-hydroxylation sites is 1. The molecule has 8 heteroatoms. The van der Waals surface area contributed by atoms with E-state index in [0.717, 1.165) is 18.4 Å². The van der Waals surface area contributed by atoms with Crippen molar-refractivity contribution in [2.45, 2.75) is 38.6 Å². The van der Waals surface area contributed by atoms with Crippen molar-refractivity contribution in [1.82, 2.24) is 10.2 Å². The van der Waals surface area contributed by atoms with Crippen LogP contribution >= 0.6 is 11.8 Å². The maximum absolute atomic E-state index is 13.2. The summed E-state index contributed by atoms with van der Waals surface area (Å²) in [4.78, 5) is 48.8. The zero-order chi connectivity index (χ0) is 23.2. The number of aliphatic imine (C=N–C) groups is 2. The van der Waals surface area contributed by atoms with Gasteiger partial charge in [0.1, 0.15) is 11.9 Å². The van der Waals surface area contributed by atoms with E-state index in [2.05, 4.69) is 22.2 Å². The van der Waals surface area contributed by atoms with Crippen LogP contribution in [0.5, 0.6) is 0 Å². The Bertz CT molecular complexity index is 1110. The quantitative estimate of drug-likeness (QED) is 0.451. The lowest BCUT2D eigenvalue weighted by molar-refractivity contribution is -0.125. The predicted molar refractivity (Wildman–Crippen MR) is 131 cm³/mol. The number of amides is 2. The number of amidine groups is 2. The summed E-state index contributed by atoms with van der Waals surface area (Å²) in [5, 5.41) is 3.32. The molecule has 1 atom stereocenters. The Hall–Kier alpha value is -3.26. The van der Waals surface area contributed by atoms with Crippen molar-refractivity contribution < 1.29 is 14.4 Å². The normalized spacial score (nSPS) is 16.6. The summed E-state index contributed by atoms with van der Waals surface area (Å²) in [5.74, 6) is 0.383. The Balaban J connectivity index is 1.49. The van der Waals surface area contributed by atoms with Gasteiger partial charge in [-0.3, -0.25) is 19.4 Å². The summed E-state index contributed by atoms with van der Waals surface area (Å²) in [6.07, 6.45) is 2.51. The molecule has 2 aliphatic rings. The van der Waals surface area contributed by atoms with Crippen LogP contribution in [0.4, 0.5) is 5.69 Å². The highest BCUT2D eigenvalue weighted by atomic mass is 32.2. The highest BCUT2D eigenvalue weighted by molar-refractivity contribution is 8.14. The van der Waals surface area contributed by atoms with Crippen LogP contribution in [0, 0.1) is 0 Å². The lowest BCUT2D eigenvalue weighted by Gasteiger charge is -2.25. The molecule has 2 heterocycles. The van der Waals surface area contributed by atoms with Crippen molar-refractivity contribution in [3.05, 3.63) is 65.7 Å². The third-order valence-electron chi connectivity index (χ3n) is 5.47. The first-order chi connectivity index (χ1) is 16.1. The van der Waals surface area contributed by atoms with E-state index in [4.69, 9.17) is 0 Å². The summed E-state index contributed by atoms with van der Waals surface area (Å²) in [5.41, 5.74) is 2.11. The van der Waals surface area contributed by atoms with Crippen LogP contribution in [0.25, 0.3) is 0 Å². The van der Waals surface area contributed by atoms with Crippen molar-refractivity contribution in [3.63, 3.8) is 0 Å². The molecule has 0 aliphatic carbocycles. The van der Waals surface area contributed by atoms with Gasteiger partial charge in [-0.15, -0.1) is 0 Å². The fourth-order valence-electron chi connectivity index (χ4n) is 3.69. The number of nitrogens with one attached hydrogen (secondary N) is 1. The molecule has 2 amide bonds. The molecule has 1 unspecified atom stereocenters. The van der Waals surface area contributed by atoms with Gasteiger partial charge in [0, 0.05) is 24.1 Å². The standard InChI is InChI=1S/C25H26N4O3S/c1-2-3-15-26-22(31)14-13-20-24(32)29-23(27-20)18-11-7-8-12-19(18)28-25(29)33-16-21(30)17-9-5-4-6-10-17/h4-12,20H,2-3,13-16H2,1H3,(H,26,31). The number of carbonyl (C=O) groups excluding carboxylic acids is 3. The minimum Gasteiger partial charge on any atom is -0.356 e. The number of carbonyl (C=O) groups is 3. The minimum atomic E-state index is -0.640. The van der Waals surface area contributed by atoms with E-state index in [1.807, 2.05) is 42.5 Å². The second kappa shape index (κ2) is 10.6. The van der Waals surface area contributed by atoms with E-state index in [1.165, 1.54) is 16.7 Å². The molecule has 170 valence electrons.